The molecule has 96 valence electrons. The van der Waals surface area contributed by atoms with Crippen LogP contribution in [0.2, 0.25) is 0 Å². The van der Waals surface area contributed by atoms with Crippen LogP contribution < -0.4 is 5.32 Å². The summed E-state index contributed by atoms with van der Waals surface area (Å²) in [5.41, 5.74) is 1.17. The van der Waals surface area contributed by atoms with Crippen molar-refractivity contribution >= 4 is 11.3 Å². The second-order valence-electron chi connectivity index (χ2n) is 4.58. The van der Waals surface area contributed by atoms with Crippen LogP contribution in [0.4, 0.5) is 0 Å². The smallest absolute Gasteiger partial charge is 0.122 e. The Balaban J connectivity index is 1.96. The van der Waals surface area contributed by atoms with Crippen LogP contribution in [-0.4, -0.2) is 42.7 Å². The minimum atomic E-state index is 0.106. The fraction of sp³-hybridized carbons (Fsp3) is 0.750. The lowest BCUT2D eigenvalue weighted by molar-refractivity contribution is 0.118. The van der Waals surface area contributed by atoms with Gasteiger partial charge in [-0.3, -0.25) is 4.90 Å². The average Bonchev–Trinajstić information content (AvgIpc) is 2.80. The zero-order valence-corrected chi connectivity index (χ0v) is 11.6. The number of nitrogens with zero attached hydrogens (tertiary/aromatic N) is 2. The predicted octanol–water partition coefficient (Wildman–Crippen LogP) is 1.64. The lowest BCUT2D eigenvalue weighted by Crippen LogP contribution is -2.49. The molecule has 1 fully saturated rings. The Labute approximate surface area is 107 Å². The second-order valence-corrected chi connectivity index (χ2v) is 5.47. The maximum atomic E-state index is 5.28. The van der Waals surface area contributed by atoms with E-state index in [-0.39, 0.29) is 6.10 Å². The summed E-state index contributed by atoms with van der Waals surface area (Å²) in [4.78, 5) is 7.12. The summed E-state index contributed by atoms with van der Waals surface area (Å²) in [6, 6.07) is 0.591. The highest BCUT2D eigenvalue weighted by molar-refractivity contribution is 7.09. The highest BCUT2D eigenvalue weighted by Gasteiger charge is 2.19. The Kier molecular flexibility index (Phi) is 4.50. The molecular weight excluding hydrogens is 234 g/mol. The lowest BCUT2D eigenvalue weighted by Gasteiger charge is -2.33. The fourth-order valence-corrected chi connectivity index (χ4v) is 2.85. The quantitative estimate of drug-likeness (QED) is 0.887. The van der Waals surface area contributed by atoms with Crippen molar-refractivity contribution in [3.63, 3.8) is 0 Å². The first kappa shape index (κ1) is 13.0. The molecule has 1 unspecified atom stereocenters. The number of hydrogen-bond acceptors (Lipinski definition) is 5. The van der Waals surface area contributed by atoms with Gasteiger partial charge in [0.2, 0.25) is 0 Å². The molecule has 1 N–H and O–H groups in total. The zero-order valence-electron chi connectivity index (χ0n) is 10.8. The van der Waals surface area contributed by atoms with Gasteiger partial charge >= 0.3 is 0 Å². The highest BCUT2D eigenvalue weighted by atomic mass is 32.1. The summed E-state index contributed by atoms with van der Waals surface area (Å²) in [6.45, 7) is 8.51. The van der Waals surface area contributed by atoms with Gasteiger partial charge in [-0.15, -0.1) is 11.3 Å². The van der Waals surface area contributed by atoms with E-state index in [1.54, 1.807) is 18.4 Å². The van der Waals surface area contributed by atoms with Crippen LogP contribution >= 0.6 is 11.3 Å². The number of thiazole rings is 1. The van der Waals surface area contributed by atoms with Gasteiger partial charge in [-0.2, -0.15) is 0 Å². The van der Waals surface area contributed by atoms with E-state index in [4.69, 9.17) is 4.74 Å². The van der Waals surface area contributed by atoms with Gasteiger partial charge < -0.3 is 10.1 Å². The van der Waals surface area contributed by atoms with Gasteiger partial charge in [0, 0.05) is 44.7 Å². The molecule has 1 aromatic rings. The summed E-state index contributed by atoms with van der Waals surface area (Å²) in [5.74, 6) is 0. The minimum Gasteiger partial charge on any atom is -0.375 e. The zero-order chi connectivity index (χ0) is 12.3. The highest BCUT2D eigenvalue weighted by Crippen LogP contribution is 2.21. The first-order chi connectivity index (χ1) is 8.20. The van der Waals surface area contributed by atoms with Gasteiger partial charge in [0.1, 0.15) is 11.1 Å². The second kappa shape index (κ2) is 5.91. The van der Waals surface area contributed by atoms with Crippen LogP contribution in [0.3, 0.4) is 0 Å². The van der Waals surface area contributed by atoms with Crippen molar-refractivity contribution in [1.82, 2.24) is 15.2 Å². The van der Waals surface area contributed by atoms with E-state index in [1.165, 1.54) is 5.69 Å². The SMILES string of the molecule is COC(C)c1nc(CN2CCNC[C@@H]2C)cs1. The van der Waals surface area contributed by atoms with Crippen molar-refractivity contribution in [3.05, 3.63) is 16.1 Å². The van der Waals surface area contributed by atoms with Crippen LogP contribution in [0.25, 0.3) is 0 Å². The van der Waals surface area contributed by atoms with Gasteiger partial charge in [-0.25, -0.2) is 4.98 Å². The molecule has 1 aliphatic heterocycles. The van der Waals surface area contributed by atoms with E-state index in [2.05, 4.69) is 27.5 Å². The molecule has 0 aliphatic carbocycles. The molecule has 0 saturated carbocycles. The first-order valence-corrected chi connectivity index (χ1v) is 7.00. The number of rotatable bonds is 4. The average molecular weight is 255 g/mol. The van der Waals surface area contributed by atoms with Gasteiger partial charge in [-0.1, -0.05) is 0 Å². The number of piperazine rings is 1. The summed E-state index contributed by atoms with van der Waals surface area (Å²) in [6.07, 6.45) is 0.106. The molecule has 1 aromatic heterocycles. The largest absolute Gasteiger partial charge is 0.375 e. The fourth-order valence-electron chi connectivity index (χ4n) is 2.01. The molecule has 1 saturated heterocycles. The van der Waals surface area contributed by atoms with Crippen LogP contribution in [0.5, 0.6) is 0 Å². The minimum absolute atomic E-state index is 0.106. The molecule has 0 bridgehead atoms. The van der Waals surface area contributed by atoms with Crippen molar-refractivity contribution < 1.29 is 4.74 Å². The molecule has 0 radical (unpaired) electrons. The molecule has 0 spiro atoms. The first-order valence-electron chi connectivity index (χ1n) is 6.12. The van der Waals surface area contributed by atoms with E-state index in [1.807, 2.05) is 6.92 Å². The summed E-state index contributed by atoms with van der Waals surface area (Å²) in [5, 5.41) is 6.63. The standard InChI is InChI=1S/C12H21N3OS/c1-9-6-13-4-5-15(9)7-11-8-17-12(14-11)10(2)16-3/h8-10,13H,4-7H2,1-3H3/t9-,10?/m0/s1. The van der Waals surface area contributed by atoms with Gasteiger partial charge in [0.15, 0.2) is 0 Å². The maximum absolute atomic E-state index is 5.28. The Hall–Kier alpha value is -0.490. The van der Waals surface area contributed by atoms with Crippen molar-refractivity contribution in [2.45, 2.75) is 32.5 Å². The normalized spacial score (nSPS) is 23.8. The van der Waals surface area contributed by atoms with E-state index >= 15 is 0 Å². The number of ether oxygens (including phenoxy) is 1. The van der Waals surface area contributed by atoms with E-state index < -0.39 is 0 Å². The van der Waals surface area contributed by atoms with E-state index in [0.29, 0.717) is 6.04 Å². The van der Waals surface area contributed by atoms with Crippen molar-refractivity contribution in [3.8, 4) is 0 Å². The molecular formula is C12H21N3OS. The Morgan fingerprint density at radius 1 is 1.71 bits per heavy atom. The topological polar surface area (TPSA) is 37.4 Å². The molecule has 2 rings (SSSR count). The summed E-state index contributed by atoms with van der Waals surface area (Å²) in [7, 11) is 1.73. The van der Waals surface area contributed by atoms with Crippen molar-refractivity contribution in [2.24, 2.45) is 0 Å². The van der Waals surface area contributed by atoms with Crippen LogP contribution in [0.1, 0.15) is 30.7 Å². The lowest BCUT2D eigenvalue weighted by atomic mass is 10.2. The van der Waals surface area contributed by atoms with Crippen LogP contribution in [0, 0.1) is 0 Å². The summed E-state index contributed by atoms with van der Waals surface area (Å²) < 4.78 is 5.28. The predicted molar refractivity (Wildman–Crippen MR) is 70.3 cm³/mol. The molecule has 1 aliphatic rings. The van der Waals surface area contributed by atoms with Crippen LogP contribution in [0.15, 0.2) is 5.38 Å². The molecule has 2 atom stereocenters. The van der Waals surface area contributed by atoms with Gasteiger partial charge in [0.05, 0.1) is 5.69 Å². The molecule has 4 nitrogen and oxygen atoms in total. The third-order valence-corrected chi connectivity index (χ3v) is 4.33. The maximum Gasteiger partial charge on any atom is 0.122 e. The number of hydrogen-bond donors (Lipinski definition) is 1. The van der Waals surface area contributed by atoms with Crippen molar-refractivity contribution in [1.29, 1.82) is 0 Å². The van der Waals surface area contributed by atoms with Crippen LogP contribution in [-0.2, 0) is 11.3 Å². The number of methoxy groups -OCH3 is 1. The Morgan fingerprint density at radius 2 is 2.53 bits per heavy atom. The monoisotopic (exact) mass is 255 g/mol. The van der Waals surface area contributed by atoms with Crippen molar-refractivity contribution in [2.75, 3.05) is 26.7 Å². The van der Waals surface area contributed by atoms with E-state index in [0.717, 1.165) is 31.2 Å². The molecule has 5 heteroatoms. The van der Waals surface area contributed by atoms with Gasteiger partial charge in [-0.05, 0) is 13.8 Å². The third-order valence-electron chi connectivity index (χ3n) is 3.27. The van der Waals surface area contributed by atoms with E-state index in [9.17, 15) is 0 Å². The molecule has 0 amide bonds. The Bertz CT molecular complexity index is 355. The Morgan fingerprint density at radius 3 is 3.24 bits per heavy atom. The third kappa shape index (κ3) is 3.25. The molecule has 17 heavy (non-hydrogen) atoms. The molecule has 2 heterocycles. The van der Waals surface area contributed by atoms with Gasteiger partial charge in [0.25, 0.3) is 0 Å². The number of nitrogens with one attached hydrogen (secondary N) is 1. The summed E-state index contributed by atoms with van der Waals surface area (Å²) >= 11 is 1.69. The molecule has 0 aromatic carbocycles. The number of aromatic nitrogens is 1.